The summed E-state index contributed by atoms with van der Waals surface area (Å²) in [7, 11) is 0. The van der Waals surface area contributed by atoms with E-state index in [1.807, 2.05) is 0 Å². The number of hydrogen-bond donors (Lipinski definition) is 2. The van der Waals surface area contributed by atoms with Gasteiger partial charge in [0.25, 0.3) is 0 Å². The Labute approximate surface area is 176 Å². The van der Waals surface area contributed by atoms with E-state index in [1.54, 1.807) is 24.3 Å². The number of aliphatic carboxylic acids is 1. The molecule has 0 aliphatic rings. The van der Waals surface area contributed by atoms with E-state index in [0.717, 1.165) is 7.14 Å². The van der Waals surface area contributed by atoms with Gasteiger partial charge in [-0.3, -0.25) is 4.79 Å². The summed E-state index contributed by atoms with van der Waals surface area (Å²) in [5.74, 6) is -1.38. The predicted molar refractivity (Wildman–Crippen MR) is 112 cm³/mol. The molecule has 136 valence electrons. The van der Waals surface area contributed by atoms with Crippen LogP contribution >= 0.6 is 45.2 Å². The van der Waals surface area contributed by atoms with Crippen molar-refractivity contribution in [2.24, 2.45) is 0 Å². The Balaban J connectivity index is 2.24. The van der Waals surface area contributed by atoms with Gasteiger partial charge in [-0.1, -0.05) is 12.1 Å². The largest absolute Gasteiger partial charge is 0.487 e. The standard InChI is InChI=1S/C18H14FI2NO4/c1-10(23)22-16(18(24)25)8-12-6-14(20)17(15(21)7-12)26-9-11-3-2-4-13(19)5-11/h2-8H,9H2,1H3,(H,22,23)(H,24,25)/b16-8+. The third kappa shape index (κ3) is 5.94. The number of halogens is 3. The van der Waals surface area contributed by atoms with Crippen molar-refractivity contribution < 1.29 is 23.8 Å². The zero-order valence-electron chi connectivity index (χ0n) is 13.6. The van der Waals surface area contributed by atoms with E-state index in [2.05, 4.69) is 50.5 Å². The molecule has 0 aromatic heterocycles. The van der Waals surface area contributed by atoms with Gasteiger partial charge in [-0.15, -0.1) is 0 Å². The van der Waals surface area contributed by atoms with E-state index in [1.165, 1.54) is 25.1 Å². The zero-order chi connectivity index (χ0) is 19.3. The van der Waals surface area contributed by atoms with Crippen LogP contribution < -0.4 is 10.1 Å². The van der Waals surface area contributed by atoms with Crippen LogP contribution in [0.2, 0.25) is 0 Å². The molecule has 0 saturated carbocycles. The molecule has 5 nitrogen and oxygen atoms in total. The van der Waals surface area contributed by atoms with Crippen molar-refractivity contribution in [3.8, 4) is 5.75 Å². The van der Waals surface area contributed by atoms with Crippen LogP contribution in [0.15, 0.2) is 42.1 Å². The lowest BCUT2D eigenvalue weighted by atomic mass is 10.2. The SMILES string of the molecule is CC(=O)N/C(=C/c1cc(I)c(OCc2cccc(F)c2)c(I)c1)C(=O)O. The Morgan fingerprint density at radius 3 is 2.42 bits per heavy atom. The molecule has 0 fully saturated rings. The fraction of sp³-hybridized carbons (Fsp3) is 0.111. The number of carbonyl (C=O) groups excluding carboxylic acids is 1. The molecule has 0 heterocycles. The summed E-state index contributed by atoms with van der Waals surface area (Å²) in [6, 6.07) is 9.65. The number of nitrogens with one attached hydrogen (secondary N) is 1. The summed E-state index contributed by atoms with van der Waals surface area (Å²) < 4.78 is 20.6. The molecule has 1 amide bonds. The average molecular weight is 581 g/mol. The number of carboxylic acids is 1. The molecule has 0 unspecified atom stereocenters. The monoisotopic (exact) mass is 581 g/mol. The molecule has 0 bridgehead atoms. The molecule has 0 aliphatic heterocycles. The van der Waals surface area contributed by atoms with Crippen LogP contribution in [0, 0.1) is 13.0 Å². The van der Waals surface area contributed by atoms with Gasteiger partial charge in [0.15, 0.2) is 0 Å². The number of benzene rings is 2. The highest BCUT2D eigenvalue weighted by molar-refractivity contribution is 14.1. The summed E-state index contributed by atoms with van der Waals surface area (Å²) in [6.45, 7) is 1.46. The fourth-order valence-corrected chi connectivity index (χ4v) is 4.22. The van der Waals surface area contributed by atoms with Crippen molar-refractivity contribution in [2.75, 3.05) is 0 Å². The minimum absolute atomic E-state index is 0.211. The van der Waals surface area contributed by atoms with Gasteiger partial charge in [0, 0.05) is 6.92 Å². The van der Waals surface area contributed by atoms with Gasteiger partial charge in [0.1, 0.15) is 23.9 Å². The Morgan fingerprint density at radius 1 is 1.23 bits per heavy atom. The molecule has 0 radical (unpaired) electrons. The van der Waals surface area contributed by atoms with Gasteiger partial charge in [-0.2, -0.15) is 0 Å². The van der Waals surface area contributed by atoms with Crippen molar-refractivity contribution in [1.29, 1.82) is 0 Å². The molecule has 26 heavy (non-hydrogen) atoms. The molecular weight excluding hydrogens is 567 g/mol. The maximum absolute atomic E-state index is 13.2. The van der Waals surface area contributed by atoms with E-state index >= 15 is 0 Å². The van der Waals surface area contributed by atoms with E-state index in [-0.39, 0.29) is 18.1 Å². The van der Waals surface area contributed by atoms with E-state index < -0.39 is 11.9 Å². The first kappa shape index (κ1) is 20.6. The van der Waals surface area contributed by atoms with Gasteiger partial charge in [-0.25, -0.2) is 9.18 Å². The third-order valence-corrected chi connectivity index (χ3v) is 4.75. The molecule has 0 atom stereocenters. The molecule has 2 rings (SSSR count). The number of ether oxygens (including phenoxy) is 1. The molecule has 0 aliphatic carbocycles. The Hall–Kier alpha value is -1.69. The van der Waals surface area contributed by atoms with E-state index in [0.29, 0.717) is 16.9 Å². The van der Waals surface area contributed by atoms with Gasteiger partial charge in [0.2, 0.25) is 5.91 Å². The summed E-state index contributed by atoms with van der Waals surface area (Å²) in [5.41, 5.74) is 1.11. The average Bonchev–Trinajstić information content (AvgIpc) is 2.53. The first-order chi connectivity index (χ1) is 12.3. The van der Waals surface area contributed by atoms with Crippen LogP contribution in [0.1, 0.15) is 18.1 Å². The quantitative estimate of drug-likeness (QED) is 0.397. The van der Waals surface area contributed by atoms with Crippen LogP contribution in [0.4, 0.5) is 4.39 Å². The second-order valence-corrected chi connectivity index (χ2v) is 7.60. The normalized spacial score (nSPS) is 11.2. The third-order valence-electron chi connectivity index (χ3n) is 3.14. The maximum Gasteiger partial charge on any atom is 0.352 e. The smallest absolute Gasteiger partial charge is 0.352 e. The van der Waals surface area contributed by atoms with E-state index in [9.17, 15) is 14.0 Å². The maximum atomic E-state index is 13.2. The van der Waals surface area contributed by atoms with Crippen LogP contribution in [0.5, 0.6) is 5.75 Å². The number of hydrogen-bond acceptors (Lipinski definition) is 3. The Kier molecular flexibility index (Phi) is 7.38. The molecule has 2 aromatic carbocycles. The summed E-state index contributed by atoms with van der Waals surface area (Å²) in [6.07, 6.45) is 1.38. The Bertz CT molecular complexity index is 860. The topological polar surface area (TPSA) is 75.6 Å². The van der Waals surface area contributed by atoms with Crippen molar-refractivity contribution >= 4 is 63.1 Å². The van der Waals surface area contributed by atoms with E-state index in [4.69, 9.17) is 9.84 Å². The number of carbonyl (C=O) groups is 2. The van der Waals surface area contributed by atoms with Crippen molar-refractivity contribution in [1.82, 2.24) is 5.32 Å². The zero-order valence-corrected chi connectivity index (χ0v) is 17.9. The fourth-order valence-electron chi connectivity index (χ4n) is 2.09. The first-order valence-corrected chi connectivity index (χ1v) is 9.51. The van der Waals surface area contributed by atoms with Crippen LogP contribution in [-0.2, 0) is 16.2 Å². The lowest BCUT2D eigenvalue weighted by Gasteiger charge is -2.12. The van der Waals surface area contributed by atoms with Crippen LogP contribution in [-0.4, -0.2) is 17.0 Å². The minimum Gasteiger partial charge on any atom is -0.487 e. The highest BCUT2D eigenvalue weighted by Gasteiger charge is 2.12. The summed E-state index contributed by atoms with van der Waals surface area (Å²) >= 11 is 4.17. The Morgan fingerprint density at radius 2 is 1.88 bits per heavy atom. The molecule has 2 aromatic rings. The highest BCUT2D eigenvalue weighted by atomic mass is 127. The van der Waals surface area contributed by atoms with Gasteiger partial charge < -0.3 is 15.2 Å². The number of carboxylic acid groups (broad SMARTS) is 1. The molecule has 2 N–H and O–H groups in total. The van der Waals surface area contributed by atoms with Gasteiger partial charge >= 0.3 is 5.97 Å². The summed E-state index contributed by atoms with van der Waals surface area (Å²) in [5, 5.41) is 11.5. The molecule has 8 heteroatoms. The predicted octanol–water partition coefficient (Wildman–Crippen LogP) is 4.18. The second-order valence-electron chi connectivity index (χ2n) is 5.28. The number of rotatable bonds is 6. The van der Waals surface area contributed by atoms with Gasteiger partial charge in [-0.05, 0) is 86.7 Å². The van der Waals surface area contributed by atoms with Crippen LogP contribution in [0.3, 0.4) is 0 Å². The molecule has 0 spiro atoms. The second kappa shape index (κ2) is 9.31. The highest BCUT2D eigenvalue weighted by Crippen LogP contribution is 2.30. The molecule has 0 saturated heterocycles. The number of amides is 1. The molecular formula is C18H14FI2NO4. The lowest BCUT2D eigenvalue weighted by molar-refractivity contribution is -0.134. The van der Waals surface area contributed by atoms with Crippen molar-refractivity contribution in [2.45, 2.75) is 13.5 Å². The first-order valence-electron chi connectivity index (χ1n) is 7.35. The summed E-state index contributed by atoms with van der Waals surface area (Å²) in [4.78, 5) is 22.3. The van der Waals surface area contributed by atoms with Crippen molar-refractivity contribution in [3.05, 3.63) is 66.2 Å². The van der Waals surface area contributed by atoms with Crippen LogP contribution in [0.25, 0.3) is 6.08 Å². The lowest BCUT2D eigenvalue weighted by Crippen LogP contribution is -2.24. The van der Waals surface area contributed by atoms with Crippen molar-refractivity contribution in [3.63, 3.8) is 0 Å². The van der Waals surface area contributed by atoms with Gasteiger partial charge in [0.05, 0.1) is 7.14 Å². The minimum atomic E-state index is -1.23.